The number of rotatable bonds is 5. The van der Waals surface area contributed by atoms with Crippen molar-refractivity contribution in [2.75, 3.05) is 13.0 Å². The highest BCUT2D eigenvalue weighted by Gasteiger charge is 2.27. The first-order valence-electron chi connectivity index (χ1n) is 6.40. The van der Waals surface area contributed by atoms with Gasteiger partial charge in [0, 0.05) is 6.38 Å². The van der Waals surface area contributed by atoms with Crippen molar-refractivity contribution in [2.45, 2.75) is 48.2 Å². The highest BCUT2D eigenvalue weighted by molar-refractivity contribution is 6.15. The van der Waals surface area contributed by atoms with Crippen molar-refractivity contribution in [1.29, 1.82) is 0 Å². The van der Waals surface area contributed by atoms with Gasteiger partial charge in [0.1, 0.15) is 12.1 Å². The first kappa shape index (κ1) is 32.8. The molecule has 0 saturated heterocycles. The van der Waals surface area contributed by atoms with Gasteiger partial charge < -0.3 is 9.53 Å². The molecule has 0 rings (SSSR count). The van der Waals surface area contributed by atoms with E-state index < -0.39 is 24.5 Å². The molecule has 0 N–H and O–H groups in total. The molecule has 1 unspecified atom stereocenters. The molecular formula is C15H29ClF4O2. The van der Waals surface area contributed by atoms with Crippen molar-refractivity contribution in [2.24, 2.45) is 5.92 Å². The summed E-state index contributed by atoms with van der Waals surface area (Å²) in [5.74, 6) is -1.64. The van der Waals surface area contributed by atoms with Crippen molar-refractivity contribution < 1.29 is 27.1 Å². The van der Waals surface area contributed by atoms with Crippen LogP contribution in [0.3, 0.4) is 0 Å². The lowest BCUT2D eigenvalue weighted by molar-refractivity contribution is -0.161. The number of hydrogen-bond acceptors (Lipinski definition) is 2. The van der Waals surface area contributed by atoms with Gasteiger partial charge in [-0.1, -0.05) is 35.1 Å². The quantitative estimate of drug-likeness (QED) is 0.190. The minimum Gasteiger partial charge on any atom is -0.492 e. The molecule has 2 nitrogen and oxygen atoms in total. The van der Waals surface area contributed by atoms with E-state index in [0.717, 1.165) is 12.2 Å². The van der Waals surface area contributed by atoms with Gasteiger partial charge in [0.15, 0.2) is 6.61 Å². The Morgan fingerprint density at radius 1 is 1.18 bits per heavy atom. The number of allylic oxidation sites excluding steroid dienone is 3. The van der Waals surface area contributed by atoms with E-state index in [4.69, 9.17) is 0 Å². The third kappa shape index (κ3) is 31.4. The predicted molar refractivity (Wildman–Crippen MR) is 86.8 cm³/mol. The fourth-order valence-electron chi connectivity index (χ4n) is 0.546. The van der Waals surface area contributed by atoms with Crippen molar-refractivity contribution >= 4 is 17.9 Å². The molecule has 0 amide bonds. The first-order valence-corrected chi connectivity index (χ1v) is 7.16. The third-order valence-corrected chi connectivity index (χ3v) is 1.32. The van der Waals surface area contributed by atoms with Gasteiger partial charge >= 0.3 is 6.18 Å². The van der Waals surface area contributed by atoms with Gasteiger partial charge in [0.05, 0.1) is 12.2 Å². The van der Waals surface area contributed by atoms with Crippen LogP contribution < -0.4 is 0 Å². The summed E-state index contributed by atoms with van der Waals surface area (Å²) in [6.45, 7) is 7.89. The van der Waals surface area contributed by atoms with Gasteiger partial charge in [-0.25, -0.2) is 4.39 Å². The average molecular weight is 353 g/mol. The van der Waals surface area contributed by atoms with E-state index in [1.807, 2.05) is 27.7 Å². The van der Waals surface area contributed by atoms with E-state index >= 15 is 0 Å². The topological polar surface area (TPSA) is 26.3 Å². The number of hydrogen-bond donors (Lipinski definition) is 0. The monoisotopic (exact) mass is 352 g/mol. The van der Waals surface area contributed by atoms with E-state index in [1.165, 1.54) is 13.3 Å². The molecule has 0 heterocycles. The second-order valence-corrected chi connectivity index (χ2v) is 2.73. The second-order valence-electron chi connectivity index (χ2n) is 2.73. The molecule has 0 aliphatic carbocycles. The maximum atomic E-state index is 12.8. The molecule has 0 fully saturated rings. The summed E-state index contributed by atoms with van der Waals surface area (Å²) in [7, 11) is 0. The van der Waals surface area contributed by atoms with Crippen molar-refractivity contribution in [3.63, 3.8) is 0 Å². The lowest BCUT2D eigenvalue weighted by Gasteiger charge is -2.03. The van der Waals surface area contributed by atoms with Gasteiger partial charge in [0.25, 0.3) is 0 Å². The standard InChI is InChI=1S/C9H10F4O2.2C2H6.CH3Cl.CH4/c1-7(5-14)8(10)3-2-4-15-6-9(11,12)13;3*1-2;/h2-5,7H,6H2,1H3;2*1-2H3;1H3;1H4/b4-2+,8-3+;;;;. The summed E-state index contributed by atoms with van der Waals surface area (Å²) in [6, 6.07) is 0. The van der Waals surface area contributed by atoms with Crippen LogP contribution >= 0.6 is 11.6 Å². The van der Waals surface area contributed by atoms with Crippen LogP contribution in [0.15, 0.2) is 24.2 Å². The second kappa shape index (κ2) is 24.9. The summed E-state index contributed by atoms with van der Waals surface area (Å²) < 4.78 is 51.4. The zero-order valence-electron chi connectivity index (χ0n) is 13.3. The fourth-order valence-corrected chi connectivity index (χ4v) is 0.546. The minimum atomic E-state index is -4.41. The SMILES string of the molecule is C.CC.CC.CC(C=O)/C(F)=C\C=C\OCC(F)(F)F.CCl. The molecule has 0 aromatic rings. The lowest BCUT2D eigenvalue weighted by atomic mass is 10.2. The fraction of sp³-hybridized carbons (Fsp3) is 0.667. The van der Waals surface area contributed by atoms with Gasteiger partial charge in [-0.05, 0) is 19.1 Å². The molecular weight excluding hydrogens is 324 g/mol. The van der Waals surface area contributed by atoms with Gasteiger partial charge in [-0.2, -0.15) is 13.2 Å². The zero-order valence-corrected chi connectivity index (χ0v) is 14.1. The van der Waals surface area contributed by atoms with E-state index in [2.05, 4.69) is 16.3 Å². The molecule has 0 aromatic carbocycles. The van der Waals surface area contributed by atoms with Crippen molar-refractivity contribution in [1.82, 2.24) is 0 Å². The Hall–Kier alpha value is -1.04. The molecule has 22 heavy (non-hydrogen) atoms. The number of carbonyl (C=O) groups is 1. The Morgan fingerprint density at radius 3 is 1.91 bits per heavy atom. The number of ether oxygens (including phenoxy) is 1. The highest BCUT2D eigenvalue weighted by Crippen LogP contribution is 2.14. The molecule has 0 saturated carbocycles. The normalized spacial score (nSPS) is 11.3. The summed E-state index contributed by atoms with van der Waals surface area (Å²) in [5, 5.41) is 0. The third-order valence-electron chi connectivity index (χ3n) is 1.32. The van der Waals surface area contributed by atoms with Crippen molar-refractivity contribution in [3.05, 3.63) is 24.2 Å². The van der Waals surface area contributed by atoms with Gasteiger partial charge in [-0.3, -0.25) is 0 Å². The predicted octanol–water partition coefficient (Wildman–Crippen LogP) is 6.31. The zero-order chi connectivity index (χ0) is 17.9. The van der Waals surface area contributed by atoms with Crippen LogP contribution in [0.1, 0.15) is 42.0 Å². The van der Waals surface area contributed by atoms with E-state index in [1.54, 1.807) is 0 Å². The molecule has 0 radical (unpaired) electrons. The van der Waals surface area contributed by atoms with Crippen LogP contribution in [-0.2, 0) is 9.53 Å². The minimum absolute atomic E-state index is 0. The Balaban J connectivity index is -0.000000122. The van der Waals surface area contributed by atoms with Crippen LogP contribution in [-0.4, -0.2) is 25.5 Å². The summed E-state index contributed by atoms with van der Waals surface area (Å²) in [4.78, 5) is 10.1. The van der Waals surface area contributed by atoms with Gasteiger partial charge in [-0.15, -0.1) is 11.6 Å². The molecule has 0 aliphatic heterocycles. The van der Waals surface area contributed by atoms with E-state index in [9.17, 15) is 22.4 Å². The largest absolute Gasteiger partial charge is 0.492 e. The molecule has 0 aromatic heterocycles. The number of carbonyl (C=O) groups excluding carboxylic acids is 1. The average Bonchev–Trinajstić information content (AvgIpc) is 2.50. The van der Waals surface area contributed by atoms with Crippen LogP contribution in [0.4, 0.5) is 17.6 Å². The molecule has 7 heteroatoms. The lowest BCUT2D eigenvalue weighted by Crippen LogP contribution is -2.14. The Labute approximate surface area is 137 Å². The summed E-state index contributed by atoms with van der Waals surface area (Å²) in [6.07, 6.45) is -0.0139. The highest BCUT2D eigenvalue weighted by atomic mass is 35.5. The summed E-state index contributed by atoms with van der Waals surface area (Å²) >= 11 is 4.64. The smallest absolute Gasteiger partial charge is 0.422 e. The van der Waals surface area contributed by atoms with E-state index in [0.29, 0.717) is 12.5 Å². The Morgan fingerprint density at radius 2 is 1.59 bits per heavy atom. The number of aldehydes is 1. The van der Waals surface area contributed by atoms with Crippen LogP contribution in [0, 0.1) is 5.92 Å². The molecule has 136 valence electrons. The van der Waals surface area contributed by atoms with Gasteiger partial charge in [0.2, 0.25) is 0 Å². The Bertz CT molecular complexity index is 265. The Kier molecular flexibility index (Phi) is 37.2. The number of halogens is 5. The molecule has 0 bridgehead atoms. The molecule has 0 spiro atoms. The van der Waals surface area contributed by atoms with Crippen LogP contribution in [0.2, 0.25) is 0 Å². The van der Waals surface area contributed by atoms with Crippen LogP contribution in [0.25, 0.3) is 0 Å². The number of alkyl halides is 4. The molecule has 0 aliphatic rings. The maximum Gasteiger partial charge on any atom is 0.422 e. The van der Waals surface area contributed by atoms with Crippen LogP contribution in [0.5, 0.6) is 0 Å². The first-order chi connectivity index (χ1) is 9.87. The molecule has 1 atom stereocenters. The van der Waals surface area contributed by atoms with E-state index in [-0.39, 0.29) is 7.43 Å². The maximum absolute atomic E-state index is 12.8. The summed E-state index contributed by atoms with van der Waals surface area (Å²) in [5.41, 5.74) is 0. The van der Waals surface area contributed by atoms with Crippen molar-refractivity contribution in [3.8, 4) is 0 Å².